The summed E-state index contributed by atoms with van der Waals surface area (Å²) in [4.78, 5) is 23.3. The van der Waals surface area contributed by atoms with Gasteiger partial charge in [-0.3, -0.25) is 9.59 Å². The van der Waals surface area contributed by atoms with Crippen LogP contribution in [0.3, 0.4) is 0 Å². The largest absolute Gasteiger partial charge is 0.425 e. The number of esters is 2. The Hall–Kier alpha value is -1.10. The Balaban J connectivity index is 4.29. The van der Waals surface area contributed by atoms with Crippen LogP contribution < -0.4 is 5.73 Å². The molecule has 2 N–H and O–H groups in total. The average molecular weight is 287 g/mol. The van der Waals surface area contributed by atoms with Gasteiger partial charge >= 0.3 is 11.9 Å². The van der Waals surface area contributed by atoms with Crippen LogP contribution in [0.5, 0.6) is 0 Å². The summed E-state index contributed by atoms with van der Waals surface area (Å²) in [6, 6.07) is 0. The van der Waals surface area contributed by atoms with Gasteiger partial charge in [0, 0.05) is 12.8 Å². The Morgan fingerprint density at radius 2 is 1.70 bits per heavy atom. The van der Waals surface area contributed by atoms with Gasteiger partial charge in [0.25, 0.3) is 0 Å². The van der Waals surface area contributed by atoms with E-state index >= 15 is 0 Å². The molecule has 0 aliphatic carbocycles. The number of ether oxygens (including phenoxy) is 2. The lowest BCUT2D eigenvalue weighted by Crippen LogP contribution is -2.28. The molecule has 5 nitrogen and oxygen atoms in total. The molecule has 0 aromatic rings. The van der Waals surface area contributed by atoms with Gasteiger partial charge in [-0.15, -0.1) is 0 Å². The second-order valence-corrected chi connectivity index (χ2v) is 5.85. The SMILES string of the molecule is CCC(OC(=O)C[C@@H](CN)CC(C)C)OC(=O)C(C)C. The predicted molar refractivity (Wildman–Crippen MR) is 77.7 cm³/mol. The van der Waals surface area contributed by atoms with Crippen molar-refractivity contribution in [2.75, 3.05) is 6.54 Å². The fourth-order valence-electron chi connectivity index (χ4n) is 1.82. The van der Waals surface area contributed by atoms with Crippen molar-refractivity contribution in [3.63, 3.8) is 0 Å². The first kappa shape index (κ1) is 18.9. The summed E-state index contributed by atoms with van der Waals surface area (Å²) >= 11 is 0. The second-order valence-electron chi connectivity index (χ2n) is 5.85. The molecule has 1 unspecified atom stereocenters. The number of rotatable bonds is 9. The molecule has 20 heavy (non-hydrogen) atoms. The maximum Gasteiger partial charge on any atom is 0.311 e. The van der Waals surface area contributed by atoms with E-state index in [4.69, 9.17) is 15.2 Å². The van der Waals surface area contributed by atoms with Crippen LogP contribution in [-0.4, -0.2) is 24.8 Å². The van der Waals surface area contributed by atoms with Gasteiger partial charge in [0.1, 0.15) is 0 Å². The molecule has 2 atom stereocenters. The Morgan fingerprint density at radius 1 is 1.10 bits per heavy atom. The average Bonchev–Trinajstić information content (AvgIpc) is 2.36. The number of nitrogens with two attached hydrogens (primary N) is 1. The van der Waals surface area contributed by atoms with Crippen molar-refractivity contribution in [1.29, 1.82) is 0 Å². The van der Waals surface area contributed by atoms with E-state index < -0.39 is 6.29 Å². The van der Waals surface area contributed by atoms with Gasteiger partial charge < -0.3 is 15.2 Å². The molecular weight excluding hydrogens is 258 g/mol. The summed E-state index contributed by atoms with van der Waals surface area (Å²) in [5, 5.41) is 0. The summed E-state index contributed by atoms with van der Waals surface area (Å²) in [6.45, 7) is 9.92. The molecule has 0 saturated heterocycles. The minimum Gasteiger partial charge on any atom is -0.425 e. The monoisotopic (exact) mass is 287 g/mol. The molecule has 0 bridgehead atoms. The topological polar surface area (TPSA) is 78.6 Å². The molecule has 0 aromatic heterocycles. The third-order valence-electron chi connectivity index (χ3n) is 2.91. The molecule has 0 heterocycles. The van der Waals surface area contributed by atoms with Gasteiger partial charge in [0.2, 0.25) is 6.29 Å². The van der Waals surface area contributed by atoms with Crippen LogP contribution in [0, 0.1) is 17.8 Å². The van der Waals surface area contributed by atoms with Crippen molar-refractivity contribution in [2.24, 2.45) is 23.5 Å². The first-order chi connectivity index (χ1) is 9.29. The highest BCUT2D eigenvalue weighted by molar-refractivity contribution is 5.72. The minimum absolute atomic E-state index is 0.112. The van der Waals surface area contributed by atoms with Gasteiger partial charge in [-0.05, 0) is 24.8 Å². The Bertz CT molecular complexity index is 302. The number of carbonyl (C=O) groups is 2. The molecule has 0 rings (SSSR count). The van der Waals surface area contributed by atoms with E-state index in [2.05, 4.69) is 13.8 Å². The first-order valence-corrected chi connectivity index (χ1v) is 7.40. The molecular formula is C15H29NO4. The maximum absolute atomic E-state index is 11.8. The fourth-order valence-corrected chi connectivity index (χ4v) is 1.82. The van der Waals surface area contributed by atoms with Crippen molar-refractivity contribution in [3.05, 3.63) is 0 Å². The molecule has 0 aliphatic rings. The zero-order chi connectivity index (χ0) is 15.7. The van der Waals surface area contributed by atoms with Gasteiger partial charge in [-0.1, -0.05) is 34.6 Å². The van der Waals surface area contributed by atoms with Crippen molar-refractivity contribution < 1.29 is 19.1 Å². The summed E-state index contributed by atoms with van der Waals surface area (Å²) in [7, 11) is 0. The number of carbonyl (C=O) groups excluding carboxylic acids is 2. The zero-order valence-corrected chi connectivity index (χ0v) is 13.3. The highest BCUT2D eigenvalue weighted by atomic mass is 16.7. The van der Waals surface area contributed by atoms with E-state index in [9.17, 15) is 9.59 Å². The van der Waals surface area contributed by atoms with Crippen molar-refractivity contribution in [1.82, 2.24) is 0 Å². The molecule has 0 radical (unpaired) electrons. The highest BCUT2D eigenvalue weighted by Crippen LogP contribution is 2.16. The van der Waals surface area contributed by atoms with E-state index in [-0.39, 0.29) is 30.2 Å². The summed E-state index contributed by atoms with van der Waals surface area (Å²) in [6.07, 6.45) is 0.801. The van der Waals surface area contributed by atoms with Gasteiger partial charge in [0.15, 0.2) is 0 Å². The Kier molecular flexibility index (Phi) is 9.21. The third-order valence-corrected chi connectivity index (χ3v) is 2.91. The van der Waals surface area contributed by atoms with E-state index in [1.54, 1.807) is 20.8 Å². The van der Waals surface area contributed by atoms with Gasteiger partial charge in [0.05, 0.1) is 5.92 Å². The molecule has 0 amide bonds. The molecule has 5 heteroatoms. The van der Waals surface area contributed by atoms with Crippen molar-refractivity contribution >= 4 is 11.9 Å². The number of hydrogen-bond donors (Lipinski definition) is 1. The lowest BCUT2D eigenvalue weighted by molar-refractivity contribution is -0.191. The molecule has 118 valence electrons. The van der Waals surface area contributed by atoms with E-state index in [0.29, 0.717) is 18.9 Å². The van der Waals surface area contributed by atoms with Crippen LogP contribution in [-0.2, 0) is 19.1 Å². The van der Waals surface area contributed by atoms with E-state index in [1.807, 2.05) is 0 Å². The first-order valence-electron chi connectivity index (χ1n) is 7.40. The minimum atomic E-state index is -0.796. The van der Waals surface area contributed by atoms with Crippen LogP contribution in [0.4, 0.5) is 0 Å². The summed E-state index contributed by atoms with van der Waals surface area (Å²) < 4.78 is 10.3. The standard InChI is InChI=1S/C15H29NO4/c1-6-14(20-15(18)11(4)5)19-13(17)8-12(9-16)7-10(2)3/h10-12,14H,6-9,16H2,1-5H3/t12-,14?/m0/s1. The second kappa shape index (κ2) is 9.75. The van der Waals surface area contributed by atoms with Crippen LogP contribution in [0.15, 0.2) is 0 Å². The van der Waals surface area contributed by atoms with E-state index in [0.717, 1.165) is 6.42 Å². The molecule has 0 saturated carbocycles. The summed E-state index contributed by atoms with van der Waals surface area (Å²) in [5.41, 5.74) is 5.66. The quantitative estimate of drug-likeness (QED) is 0.520. The predicted octanol–water partition coefficient (Wildman–Crippen LogP) is 2.48. The lowest BCUT2D eigenvalue weighted by atomic mass is 9.94. The van der Waals surface area contributed by atoms with Gasteiger partial charge in [-0.25, -0.2) is 0 Å². The Labute approximate surface area is 122 Å². The smallest absolute Gasteiger partial charge is 0.311 e. The third kappa shape index (κ3) is 8.15. The molecule has 0 fully saturated rings. The van der Waals surface area contributed by atoms with Crippen LogP contribution >= 0.6 is 0 Å². The van der Waals surface area contributed by atoms with Gasteiger partial charge in [-0.2, -0.15) is 0 Å². The molecule has 0 spiro atoms. The van der Waals surface area contributed by atoms with Crippen LogP contribution in [0.2, 0.25) is 0 Å². The van der Waals surface area contributed by atoms with Crippen molar-refractivity contribution in [2.45, 2.75) is 60.2 Å². The molecule has 0 aliphatic heterocycles. The van der Waals surface area contributed by atoms with Crippen LogP contribution in [0.1, 0.15) is 53.9 Å². The zero-order valence-electron chi connectivity index (χ0n) is 13.3. The Morgan fingerprint density at radius 3 is 2.10 bits per heavy atom. The highest BCUT2D eigenvalue weighted by Gasteiger charge is 2.21. The maximum atomic E-state index is 11.8. The van der Waals surface area contributed by atoms with Crippen molar-refractivity contribution in [3.8, 4) is 0 Å². The van der Waals surface area contributed by atoms with Crippen LogP contribution in [0.25, 0.3) is 0 Å². The van der Waals surface area contributed by atoms with E-state index in [1.165, 1.54) is 0 Å². The normalized spacial score (nSPS) is 14.2. The lowest BCUT2D eigenvalue weighted by Gasteiger charge is -2.20. The number of hydrogen-bond acceptors (Lipinski definition) is 5. The summed E-state index contributed by atoms with van der Waals surface area (Å²) in [5.74, 6) is -0.356. The molecule has 0 aromatic carbocycles. The fraction of sp³-hybridized carbons (Fsp3) is 0.867.